The van der Waals surface area contributed by atoms with Crippen molar-refractivity contribution in [3.8, 4) is 28.7 Å². The molecule has 0 aromatic heterocycles. The number of hydrogen-bond donors (Lipinski definition) is 4. The summed E-state index contributed by atoms with van der Waals surface area (Å²) < 4.78 is 11.7. The Labute approximate surface area is 151 Å². The fourth-order valence-electron chi connectivity index (χ4n) is 3.63. The molecule has 2 aliphatic rings. The molecule has 6 heteroatoms. The number of phenols is 3. The summed E-state index contributed by atoms with van der Waals surface area (Å²) in [5.74, 6) is 0.391. The van der Waals surface area contributed by atoms with Crippen LogP contribution in [0.5, 0.6) is 28.7 Å². The summed E-state index contributed by atoms with van der Waals surface area (Å²) in [5.41, 5.74) is 1.56. The van der Waals surface area contributed by atoms with E-state index in [0.717, 1.165) is 11.1 Å². The van der Waals surface area contributed by atoms with E-state index in [1.807, 2.05) is 6.07 Å². The van der Waals surface area contributed by atoms with Crippen molar-refractivity contribution < 1.29 is 29.9 Å². The van der Waals surface area contributed by atoms with Crippen molar-refractivity contribution in [2.45, 2.75) is 44.3 Å². The van der Waals surface area contributed by atoms with Crippen molar-refractivity contribution in [1.82, 2.24) is 0 Å². The van der Waals surface area contributed by atoms with Gasteiger partial charge in [0.2, 0.25) is 5.75 Å². The molecule has 2 aliphatic heterocycles. The van der Waals surface area contributed by atoms with Gasteiger partial charge in [0.25, 0.3) is 0 Å². The van der Waals surface area contributed by atoms with Crippen LogP contribution in [-0.4, -0.2) is 32.6 Å². The van der Waals surface area contributed by atoms with Crippen molar-refractivity contribution in [3.63, 3.8) is 0 Å². The van der Waals surface area contributed by atoms with Gasteiger partial charge >= 0.3 is 0 Å². The van der Waals surface area contributed by atoms with Crippen LogP contribution in [0.3, 0.4) is 0 Å². The summed E-state index contributed by atoms with van der Waals surface area (Å²) in [6.45, 7) is 3.78. The lowest BCUT2D eigenvalue weighted by atomic mass is 9.87. The van der Waals surface area contributed by atoms with Crippen LogP contribution >= 0.6 is 0 Å². The summed E-state index contributed by atoms with van der Waals surface area (Å²) in [4.78, 5) is 0. The number of fused-ring (bicyclic) bond motifs is 5. The van der Waals surface area contributed by atoms with E-state index in [0.29, 0.717) is 30.8 Å². The molecule has 2 heterocycles. The second kappa shape index (κ2) is 5.71. The third-order valence-electron chi connectivity index (χ3n) is 5.09. The molecule has 138 valence electrons. The first kappa shape index (κ1) is 16.8. The molecule has 0 saturated carbocycles. The van der Waals surface area contributed by atoms with Gasteiger partial charge < -0.3 is 29.9 Å². The highest BCUT2D eigenvalue weighted by molar-refractivity contribution is 5.59. The molecule has 2 aromatic rings. The van der Waals surface area contributed by atoms with Crippen LogP contribution in [0.2, 0.25) is 0 Å². The standard InChI is InChI=1S/C20H22O6/c1-20(2,24)6-5-10-7-12-13-9-25-19-11(3-4-14(21)17(19)23)18(13)26-16(12)8-15(10)22/h3-4,7-8,13,18,21-24H,5-6,9H2,1-2H3. The maximum Gasteiger partial charge on any atom is 0.200 e. The summed E-state index contributed by atoms with van der Waals surface area (Å²) in [7, 11) is 0. The lowest BCUT2D eigenvalue weighted by Crippen LogP contribution is -2.23. The highest BCUT2D eigenvalue weighted by Crippen LogP contribution is 2.55. The molecule has 26 heavy (non-hydrogen) atoms. The first-order valence-electron chi connectivity index (χ1n) is 8.67. The second-order valence-electron chi connectivity index (χ2n) is 7.64. The van der Waals surface area contributed by atoms with Gasteiger partial charge in [-0.1, -0.05) is 0 Å². The first-order valence-corrected chi connectivity index (χ1v) is 8.67. The number of rotatable bonds is 3. The molecule has 0 radical (unpaired) electrons. The monoisotopic (exact) mass is 358 g/mol. The molecular formula is C20H22O6. The number of ether oxygens (including phenoxy) is 2. The molecule has 4 N–H and O–H groups in total. The van der Waals surface area contributed by atoms with E-state index in [2.05, 4.69) is 0 Å². The molecule has 4 rings (SSSR count). The van der Waals surface area contributed by atoms with Crippen molar-refractivity contribution in [1.29, 1.82) is 0 Å². The van der Waals surface area contributed by atoms with Gasteiger partial charge in [0.1, 0.15) is 17.6 Å². The molecule has 6 nitrogen and oxygen atoms in total. The van der Waals surface area contributed by atoms with Crippen LogP contribution < -0.4 is 9.47 Å². The lowest BCUT2D eigenvalue weighted by Gasteiger charge is -2.28. The fraction of sp³-hybridized carbons (Fsp3) is 0.400. The average molecular weight is 358 g/mol. The summed E-state index contributed by atoms with van der Waals surface area (Å²) in [5, 5.41) is 39.9. The Hall–Kier alpha value is -2.60. The Morgan fingerprint density at radius 1 is 1.08 bits per heavy atom. The topological polar surface area (TPSA) is 99.4 Å². The van der Waals surface area contributed by atoms with Gasteiger partial charge in [0.05, 0.1) is 18.1 Å². The Balaban J connectivity index is 1.68. The van der Waals surface area contributed by atoms with Gasteiger partial charge in [-0.05, 0) is 50.5 Å². The minimum Gasteiger partial charge on any atom is -0.508 e. The highest BCUT2D eigenvalue weighted by atomic mass is 16.5. The maximum atomic E-state index is 10.3. The highest BCUT2D eigenvalue weighted by Gasteiger charge is 2.42. The molecule has 2 atom stereocenters. The van der Waals surface area contributed by atoms with Crippen LogP contribution in [0.4, 0.5) is 0 Å². The van der Waals surface area contributed by atoms with E-state index in [1.165, 1.54) is 6.07 Å². The first-order chi connectivity index (χ1) is 12.2. The SMILES string of the molecule is CC(C)(O)CCc1cc2c(cc1O)OC1c3ccc(O)c(O)c3OCC21. The van der Waals surface area contributed by atoms with Gasteiger partial charge in [-0.2, -0.15) is 0 Å². The van der Waals surface area contributed by atoms with Crippen LogP contribution in [0.1, 0.15) is 49.0 Å². The molecule has 0 spiro atoms. The second-order valence-corrected chi connectivity index (χ2v) is 7.64. The molecular weight excluding hydrogens is 336 g/mol. The van der Waals surface area contributed by atoms with Crippen LogP contribution in [-0.2, 0) is 6.42 Å². The van der Waals surface area contributed by atoms with Gasteiger partial charge in [-0.15, -0.1) is 0 Å². The smallest absolute Gasteiger partial charge is 0.200 e. The van der Waals surface area contributed by atoms with E-state index >= 15 is 0 Å². The number of aryl methyl sites for hydroxylation is 1. The zero-order valence-corrected chi connectivity index (χ0v) is 14.7. The molecule has 0 bridgehead atoms. The third-order valence-corrected chi connectivity index (χ3v) is 5.09. The predicted octanol–water partition coefficient (Wildman–Crippen LogP) is 3.12. The number of hydrogen-bond acceptors (Lipinski definition) is 6. The summed E-state index contributed by atoms with van der Waals surface area (Å²) in [6, 6.07) is 6.61. The summed E-state index contributed by atoms with van der Waals surface area (Å²) >= 11 is 0. The van der Waals surface area contributed by atoms with E-state index in [1.54, 1.807) is 26.0 Å². The van der Waals surface area contributed by atoms with Crippen molar-refractivity contribution in [2.75, 3.05) is 6.61 Å². The van der Waals surface area contributed by atoms with Crippen molar-refractivity contribution >= 4 is 0 Å². The van der Waals surface area contributed by atoms with E-state index < -0.39 is 5.60 Å². The molecule has 0 amide bonds. The fourth-order valence-corrected chi connectivity index (χ4v) is 3.63. The number of aliphatic hydroxyl groups is 1. The Bertz CT molecular complexity index is 868. The third kappa shape index (κ3) is 2.70. The van der Waals surface area contributed by atoms with Gasteiger partial charge in [0.15, 0.2) is 11.5 Å². The predicted molar refractivity (Wildman–Crippen MR) is 94.1 cm³/mol. The normalized spacial score (nSPS) is 20.6. The Kier molecular flexibility index (Phi) is 3.70. The quantitative estimate of drug-likeness (QED) is 0.629. The molecule has 0 fully saturated rings. The van der Waals surface area contributed by atoms with E-state index in [4.69, 9.17) is 9.47 Å². The Morgan fingerprint density at radius 3 is 2.58 bits per heavy atom. The zero-order valence-electron chi connectivity index (χ0n) is 14.7. The molecule has 0 aliphatic carbocycles. The van der Waals surface area contributed by atoms with Crippen molar-refractivity contribution in [3.05, 3.63) is 41.0 Å². The van der Waals surface area contributed by atoms with Crippen LogP contribution in [0.25, 0.3) is 0 Å². The van der Waals surface area contributed by atoms with Crippen molar-refractivity contribution in [2.24, 2.45) is 0 Å². The Morgan fingerprint density at radius 2 is 1.85 bits per heavy atom. The largest absolute Gasteiger partial charge is 0.508 e. The minimum absolute atomic E-state index is 0.0667. The number of benzene rings is 2. The van der Waals surface area contributed by atoms with Gasteiger partial charge in [-0.25, -0.2) is 0 Å². The minimum atomic E-state index is -0.809. The lowest BCUT2D eigenvalue weighted by molar-refractivity contribution is 0.0712. The summed E-state index contributed by atoms with van der Waals surface area (Å²) in [6.07, 6.45) is 0.733. The average Bonchev–Trinajstić information content (AvgIpc) is 2.92. The number of phenolic OH excluding ortho intramolecular Hbond substituents is 3. The molecule has 2 unspecified atom stereocenters. The van der Waals surface area contributed by atoms with Gasteiger partial charge in [-0.3, -0.25) is 0 Å². The number of aromatic hydroxyl groups is 3. The van der Waals surface area contributed by atoms with E-state index in [9.17, 15) is 20.4 Å². The van der Waals surface area contributed by atoms with E-state index in [-0.39, 0.29) is 35.0 Å². The maximum absolute atomic E-state index is 10.3. The molecule has 0 saturated heterocycles. The van der Waals surface area contributed by atoms with Crippen LogP contribution in [0, 0.1) is 0 Å². The van der Waals surface area contributed by atoms with Crippen LogP contribution in [0.15, 0.2) is 24.3 Å². The zero-order chi connectivity index (χ0) is 18.6. The van der Waals surface area contributed by atoms with Gasteiger partial charge in [0, 0.05) is 17.2 Å². The molecule has 2 aromatic carbocycles.